The van der Waals surface area contributed by atoms with E-state index in [2.05, 4.69) is 15.2 Å². The van der Waals surface area contributed by atoms with Crippen molar-refractivity contribution in [3.63, 3.8) is 0 Å². The van der Waals surface area contributed by atoms with E-state index in [0.29, 0.717) is 15.9 Å². The number of nitrogens with one attached hydrogen (secondary N) is 1. The molecule has 1 aromatic carbocycles. The number of carbonyl (C=O) groups excluding carboxylic acids is 1. The summed E-state index contributed by atoms with van der Waals surface area (Å²) in [5.41, 5.74) is 0.819. The van der Waals surface area contributed by atoms with E-state index in [1.54, 1.807) is 26.1 Å². The summed E-state index contributed by atoms with van der Waals surface area (Å²) in [6.45, 7) is 3.62. The summed E-state index contributed by atoms with van der Waals surface area (Å²) in [7, 11) is 1.68. The first-order valence-corrected chi connectivity index (χ1v) is 6.77. The van der Waals surface area contributed by atoms with Crippen LogP contribution < -0.4 is 0 Å². The van der Waals surface area contributed by atoms with Gasteiger partial charge in [-0.25, -0.2) is 4.98 Å². The molecule has 1 unspecified atom stereocenters. The van der Waals surface area contributed by atoms with Gasteiger partial charge in [-0.15, -0.1) is 5.10 Å². The molecule has 0 aliphatic carbocycles. The number of H-pyrrole nitrogens is 1. The summed E-state index contributed by atoms with van der Waals surface area (Å²) in [6.07, 6.45) is 0. The minimum Gasteiger partial charge on any atom is -0.332 e. The van der Waals surface area contributed by atoms with Gasteiger partial charge in [0, 0.05) is 17.1 Å². The summed E-state index contributed by atoms with van der Waals surface area (Å²) in [5.74, 6) is 0.466. The highest BCUT2D eigenvalue weighted by atomic mass is 35.5. The van der Waals surface area contributed by atoms with Crippen molar-refractivity contribution in [1.82, 2.24) is 20.1 Å². The lowest BCUT2D eigenvalue weighted by atomic mass is 10.1. The first kappa shape index (κ1) is 14.8. The molecular weight excluding hydrogens is 299 g/mol. The van der Waals surface area contributed by atoms with Crippen molar-refractivity contribution < 1.29 is 4.79 Å². The van der Waals surface area contributed by atoms with E-state index in [1.807, 2.05) is 13.0 Å². The lowest BCUT2D eigenvalue weighted by Gasteiger charge is -2.25. The Bertz CT molecular complexity index is 641. The monoisotopic (exact) mass is 312 g/mol. The minimum atomic E-state index is -0.270. The van der Waals surface area contributed by atoms with Gasteiger partial charge in [0.15, 0.2) is 0 Å². The lowest BCUT2D eigenvalue weighted by molar-refractivity contribution is 0.0730. The zero-order chi connectivity index (χ0) is 14.9. The molecular formula is C13H14Cl2N4O. The molecule has 7 heteroatoms. The average molecular weight is 313 g/mol. The van der Waals surface area contributed by atoms with Crippen LogP contribution in [0.15, 0.2) is 18.2 Å². The molecule has 0 aliphatic heterocycles. The van der Waals surface area contributed by atoms with E-state index in [1.165, 1.54) is 4.90 Å². The van der Waals surface area contributed by atoms with E-state index in [0.717, 1.165) is 5.56 Å². The molecule has 0 saturated carbocycles. The molecule has 1 heterocycles. The molecule has 0 bridgehead atoms. The van der Waals surface area contributed by atoms with E-state index >= 15 is 0 Å². The van der Waals surface area contributed by atoms with Crippen LogP contribution in [-0.2, 0) is 0 Å². The number of halogens is 2. The first-order chi connectivity index (χ1) is 9.40. The maximum atomic E-state index is 12.3. The number of hydrogen-bond acceptors (Lipinski definition) is 3. The van der Waals surface area contributed by atoms with Crippen LogP contribution in [0, 0.1) is 6.92 Å². The maximum absolute atomic E-state index is 12.3. The van der Waals surface area contributed by atoms with Crippen LogP contribution in [0.3, 0.4) is 0 Å². The quantitative estimate of drug-likeness (QED) is 0.946. The van der Waals surface area contributed by atoms with E-state index in [-0.39, 0.29) is 17.8 Å². The topological polar surface area (TPSA) is 61.9 Å². The molecule has 0 aliphatic rings. The molecule has 1 N–H and O–H groups in total. The van der Waals surface area contributed by atoms with Crippen molar-refractivity contribution in [3.05, 3.63) is 45.5 Å². The second kappa shape index (κ2) is 5.81. The number of amides is 1. The fourth-order valence-corrected chi connectivity index (χ4v) is 2.39. The predicted molar refractivity (Wildman–Crippen MR) is 78.1 cm³/mol. The molecule has 5 nitrogen and oxygen atoms in total. The van der Waals surface area contributed by atoms with Gasteiger partial charge >= 0.3 is 0 Å². The maximum Gasteiger partial charge on any atom is 0.293 e. The Kier molecular flexibility index (Phi) is 4.30. The Balaban J connectivity index is 2.24. The van der Waals surface area contributed by atoms with Gasteiger partial charge in [0.25, 0.3) is 5.91 Å². The van der Waals surface area contributed by atoms with Crippen molar-refractivity contribution in [2.45, 2.75) is 19.9 Å². The molecule has 2 aromatic rings. The highest BCUT2D eigenvalue weighted by Crippen LogP contribution is 2.29. The highest BCUT2D eigenvalue weighted by Gasteiger charge is 2.23. The van der Waals surface area contributed by atoms with Crippen LogP contribution in [-0.4, -0.2) is 33.0 Å². The van der Waals surface area contributed by atoms with Crippen LogP contribution in [0.1, 0.15) is 35.0 Å². The molecule has 2 rings (SSSR count). The molecule has 1 amide bonds. The molecule has 0 radical (unpaired) electrons. The number of nitrogens with zero attached hydrogens (tertiary/aromatic N) is 3. The van der Waals surface area contributed by atoms with Gasteiger partial charge in [0.1, 0.15) is 5.82 Å². The van der Waals surface area contributed by atoms with Crippen molar-refractivity contribution in [3.8, 4) is 0 Å². The van der Waals surface area contributed by atoms with Crippen LogP contribution in [0.2, 0.25) is 10.0 Å². The lowest BCUT2D eigenvalue weighted by Crippen LogP contribution is -2.30. The van der Waals surface area contributed by atoms with Crippen molar-refractivity contribution in [2.24, 2.45) is 0 Å². The van der Waals surface area contributed by atoms with Gasteiger partial charge in [0.05, 0.1) is 6.04 Å². The van der Waals surface area contributed by atoms with Crippen molar-refractivity contribution in [1.29, 1.82) is 0 Å². The standard InChI is InChI=1S/C13H14Cl2N4O/c1-7(10-5-4-9(14)6-11(10)15)19(3)13(20)12-16-8(2)17-18-12/h4-7H,1-3H3,(H,16,17,18). The van der Waals surface area contributed by atoms with Gasteiger partial charge in [-0.2, -0.15) is 0 Å². The Hall–Kier alpha value is -1.59. The van der Waals surface area contributed by atoms with Gasteiger partial charge in [0.2, 0.25) is 5.82 Å². The van der Waals surface area contributed by atoms with Crippen LogP contribution in [0.4, 0.5) is 0 Å². The molecule has 1 aromatic heterocycles. The highest BCUT2D eigenvalue weighted by molar-refractivity contribution is 6.35. The number of aromatic amines is 1. The normalized spacial score (nSPS) is 12.2. The predicted octanol–water partition coefficient (Wildman–Crippen LogP) is 3.25. The first-order valence-electron chi connectivity index (χ1n) is 6.01. The number of benzene rings is 1. The van der Waals surface area contributed by atoms with Crippen LogP contribution in [0.25, 0.3) is 0 Å². The second-order valence-electron chi connectivity index (χ2n) is 4.50. The zero-order valence-corrected chi connectivity index (χ0v) is 12.8. The molecule has 0 spiro atoms. The van der Waals surface area contributed by atoms with Gasteiger partial charge in [-0.1, -0.05) is 29.3 Å². The van der Waals surface area contributed by atoms with E-state index < -0.39 is 0 Å². The third kappa shape index (κ3) is 2.94. The van der Waals surface area contributed by atoms with E-state index in [4.69, 9.17) is 23.2 Å². The molecule has 106 valence electrons. The molecule has 1 atom stereocenters. The summed E-state index contributed by atoms with van der Waals surface area (Å²) in [4.78, 5) is 17.8. The molecule has 0 saturated heterocycles. The molecule has 20 heavy (non-hydrogen) atoms. The Labute approximate surface area is 126 Å². The number of aromatic nitrogens is 3. The number of hydrogen-bond donors (Lipinski definition) is 1. The number of aryl methyl sites for hydroxylation is 1. The number of carbonyl (C=O) groups is 1. The van der Waals surface area contributed by atoms with Crippen molar-refractivity contribution >= 4 is 29.1 Å². The van der Waals surface area contributed by atoms with Gasteiger partial charge in [-0.05, 0) is 31.5 Å². The fraction of sp³-hybridized carbons (Fsp3) is 0.308. The summed E-state index contributed by atoms with van der Waals surface area (Å²) in [6, 6.07) is 4.99. The molecule has 0 fully saturated rings. The summed E-state index contributed by atoms with van der Waals surface area (Å²) < 4.78 is 0. The Morgan fingerprint density at radius 2 is 2.10 bits per heavy atom. The largest absolute Gasteiger partial charge is 0.332 e. The number of rotatable bonds is 3. The third-order valence-corrected chi connectivity index (χ3v) is 3.66. The summed E-state index contributed by atoms with van der Waals surface area (Å²) in [5, 5.41) is 7.60. The zero-order valence-electron chi connectivity index (χ0n) is 11.3. The average Bonchev–Trinajstić information content (AvgIpc) is 2.83. The minimum absolute atomic E-state index is 0.141. The smallest absolute Gasteiger partial charge is 0.293 e. The third-order valence-electron chi connectivity index (χ3n) is 3.10. The van der Waals surface area contributed by atoms with Crippen molar-refractivity contribution in [2.75, 3.05) is 7.05 Å². The van der Waals surface area contributed by atoms with E-state index in [9.17, 15) is 4.79 Å². The Morgan fingerprint density at radius 3 is 2.65 bits per heavy atom. The Morgan fingerprint density at radius 1 is 1.40 bits per heavy atom. The summed E-state index contributed by atoms with van der Waals surface area (Å²) >= 11 is 12.0. The van der Waals surface area contributed by atoms with Gasteiger partial charge < -0.3 is 4.90 Å². The fourth-order valence-electron chi connectivity index (χ4n) is 1.82. The SMILES string of the molecule is Cc1nc(C(=O)N(C)C(C)c2ccc(Cl)cc2Cl)n[nH]1. The van der Waals surface area contributed by atoms with Gasteiger partial charge in [-0.3, -0.25) is 9.89 Å². The van der Waals surface area contributed by atoms with Crippen LogP contribution >= 0.6 is 23.2 Å². The second-order valence-corrected chi connectivity index (χ2v) is 5.35. The van der Waals surface area contributed by atoms with Crippen LogP contribution in [0.5, 0.6) is 0 Å².